The maximum atomic E-state index is 11.2. The second kappa shape index (κ2) is 4.92. The molecule has 1 fully saturated rings. The van der Waals surface area contributed by atoms with Crippen LogP contribution in [-0.4, -0.2) is 29.3 Å². The summed E-state index contributed by atoms with van der Waals surface area (Å²) in [6, 6.07) is 1.18. The van der Waals surface area contributed by atoms with Crippen LogP contribution in [0.15, 0.2) is 0 Å². The van der Waals surface area contributed by atoms with Gasteiger partial charge in [-0.25, -0.2) is 0 Å². The summed E-state index contributed by atoms with van der Waals surface area (Å²) in [5, 5.41) is 0. The van der Waals surface area contributed by atoms with Gasteiger partial charge in [-0.05, 0) is 47.1 Å². The lowest BCUT2D eigenvalue weighted by molar-refractivity contribution is -0.129. The number of carbonyl (C=O) groups excluding carboxylic acids is 1. The summed E-state index contributed by atoms with van der Waals surface area (Å²) < 4.78 is 0. The Morgan fingerprint density at radius 3 is 2.14 bits per heavy atom. The van der Waals surface area contributed by atoms with Crippen LogP contribution in [0.2, 0.25) is 0 Å². The summed E-state index contributed by atoms with van der Waals surface area (Å²) in [5.74, 6) is 0.868. The zero-order valence-electron chi connectivity index (χ0n) is 9.92. The summed E-state index contributed by atoms with van der Waals surface area (Å²) in [6.45, 7) is 9.97. The largest absolute Gasteiger partial charge is 0.299 e. The van der Waals surface area contributed by atoms with Crippen LogP contribution in [0.4, 0.5) is 0 Å². The summed E-state index contributed by atoms with van der Waals surface area (Å²) in [6.07, 6.45) is 3.02. The second-order valence-electron chi connectivity index (χ2n) is 4.92. The van der Waals surface area contributed by atoms with Crippen molar-refractivity contribution >= 4 is 5.78 Å². The summed E-state index contributed by atoms with van der Waals surface area (Å²) in [7, 11) is 0. The van der Waals surface area contributed by atoms with E-state index in [4.69, 9.17) is 0 Å². The lowest BCUT2D eigenvalue weighted by atomic mass is 9.81. The van der Waals surface area contributed by atoms with Crippen LogP contribution in [0.3, 0.4) is 0 Å². The van der Waals surface area contributed by atoms with Crippen LogP contribution in [0.5, 0.6) is 0 Å². The van der Waals surface area contributed by atoms with E-state index < -0.39 is 0 Å². The van der Waals surface area contributed by atoms with Crippen molar-refractivity contribution in [3.8, 4) is 0 Å². The zero-order chi connectivity index (χ0) is 10.7. The molecule has 0 aromatic heterocycles. The van der Waals surface area contributed by atoms with Gasteiger partial charge >= 0.3 is 0 Å². The highest BCUT2D eigenvalue weighted by Gasteiger charge is 2.28. The van der Waals surface area contributed by atoms with Crippen LogP contribution in [0.25, 0.3) is 0 Å². The highest BCUT2D eigenvalue weighted by Crippen LogP contribution is 2.26. The Bertz CT molecular complexity index is 190. The highest BCUT2D eigenvalue weighted by molar-refractivity contribution is 5.86. The second-order valence-corrected chi connectivity index (χ2v) is 4.92. The van der Waals surface area contributed by atoms with Crippen LogP contribution in [0.1, 0.15) is 47.0 Å². The molecule has 0 aromatic rings. The minimum absolute atomic E-state index is 0.384. The number of Topliss-reactive ketones (excluding diaryl/α,β-unsaturated/α-hetero) is 1. The molecule has 0 amide bonds. The third-order valence-electron chi connectivity index (χ3n) is 3.26. The van der Waals surface area contributed by atoms with Gasteiger partial charge in [-0.3, -0.25) is 9.69 Å². The first-order valence-electron chi connectivity index (χ1n) is 5.80. The van der Waals surface area contributed by atoms with Gasteiger partial charge in [0.2, 0.25) is 0 Å². The van der Waals surface area contributed by atoms with Crippen molar-refractivity contribution in [3.05, 3.63) is 0 Å². The molecule has 14 heavy (non-hydrogen) atoms. The first-order chi connectivity index (χ1) is 6.52. The van der Waals surface area contributed by atoms with Crippen LogP contribution < -0.4 is 0 Å². The topological polar surface area (TPSA) is 20.3 Å². The van der Waals surface area contributed by atoms with Gasteiger partial charge in [0.25, 0.3) is 0 Å². The van der Waals surface area contributed by atoms with E-state index in [-0.39, 0.29) is 0 Å². The van der Waals surface area contributed by atoms with Crippen molar-refractivity contribution in [2.75, 3.05) is 6.54 Å². The monoisotopic (exact) mass is 197 g/mol. The molecule has 0 saturated heterocycles. The average molecular weight is 197 g/mol. The van der Waals surface area contributed by atoms with E-state index in [1.807, 2.05) is 0 Å². The number of ketones is 1. The van der Waals surface area contributed by atoms with Crippen molar-refractivity contribution in [2.45, 2.75) is 59.0 Å². The fourth-order valence-corrected chi connectivity index (χ4v) is 2.19. The summed E-state index contributed by atoms with van der Waals surface area (Å²) in [5.41, 5.74) is 0. The number of hydrogen-bond acceptors (Lipinski definition) is 2. The van der Waals surface area contributed by atoms with Crippen molar-refractivity contribution in [1.82, 2.24) is 4.90 Å². The molecule has 0 aromatic carbocycles. The molecule has 2 nitrogen and oxygen atoms in total. The standard InChI is InChI=1S/C12H23NO/c1-9(2)13(10(3)4)8-7-11-5-6-12(11)14/h9-11H,5-8H2,1-4H3. The SMILES string of the molecule is CC(C)N(CCC1CCC1=O)C(C)C. The minimum atomic E-state index is 0.384. The Morgan fingerprint density at radius 1 is 1.29 bits per heavy atom. The van der Waals surface area contributed by atoms with Crippen molar-refractivity contribution in [3.63, 3.8) is 0 Å². The van der Waals surface area contributed by atoms with Gasteiger partial charge in [-0.15, -0.1) is 0 Å². The molecule has 0 aliphatic heterocycles. The maximum absolute atomic E-state index is 11.2. The van der Waals surface area contributed by atoms with Gasteiger partial charge < -0.3 is 0 Å². The zero-order valence-corrected chi connectivity index (χ0v) is 9.92. The van der Waals surface area contributed by atoms with Gasteiger partial charge in [0.05, 0.1) is 0 Å². The lowest BCUT2D eigenvalue weighted by Crippen LogP contribution is -2.40. The van der Waals surface area contributed by atoms with Crippen LogP contribution in [0, 0.1) is 5.92 Å². The number of nitrogens with zero attached hydrogens (tertiary/aromatic N) is 1. The highest BCUT2D eigenvalue weighted by atomic mass is 16.1. The first-order valence-corrected chi connectivity index (χ1v) is 5.80. The Morgan fingerprint density at radius 2 is 1.86 bits per heavy atom. The molecule has 1 aliphatic rings. The fourth-order valence-electron chi connectivity index (χ4n) is 2.19. The molecule has 0 spiro atoms. The predicted octanol–water partition coefficient (Wildman–Crippen LogP) is 2.47. The molecule has 0 N–H and O–H groups in total. The van der Waals surface area contributed by atoms with E-state index in [1.165, 1.54) is 0 Å². The van der Waals surface area contributed by atoms with E-state index >= 15 is 0 Å². The molecule has 82 valence electrons. The number of carbonyl (C=O) groups is 1. The average Bonchev–Trinajstić information content (AvgIpc) is 2.08. The smallest absolute Gasteiger partial charge is 0.136 e. The quantitative estimate of drug-likeness (QED) is 0.675. The molecular weight excluding hydrogens is 174 g/mol. The first kappa shape index (κ1) is 11.7. The van der Waals surface area contributed by atoms with Gasteiger partial charge in [0.15, 0.2) is 0 Å². The molecule has 1 aliphatic carbocycles. The van der Waals surface area contributed by atoms with Gasteiger partial charge in [0.1, 0.15) is 5.78 Å². The van der Waals surface area contributed by atoms with Crippen molar-refractivity contribution in [1.29, 1.82) is 0 Å². The third-order valence-corrected chi connectivity index (χ3v) is 3.26. The molecule has 0 bridgehead atoms. The molecule has 1 saturated carbocycles. The molecule has 0 radical (unpaired) electrons. The van der Waals surface area contributed by atoms with E-state index in [0.717, 1.165) is 25.8 Å². The summed E-state index contributed by atoms with van der Waals surface area (Å²) >= 11 is 0. The third kappa shape index (κ3) is 2.81. The van der Waals surface area contributed by atoms with Crippen molar-refractivity contribution in [2.24, 2.45) is 5.92 Å². The molecule has 0 heterocycles. The lowest BCUT2D eigenvalue weighted by Gasteiger charge is -2.33. The van der Waals surface area contributed by atoms with Gasteiger partial charge in [-0.2, -0.15) is 0 Å². The predicted molar refractivity (Wildman–Crippen MR) is 59.3 cm³/mol. The maximum Gasteiger partial charge on any atom is 0.136 e. The molecule has 1 rings (SSSR count). The Hall–Kier alpha value is -0.370. The molecule has 2 heteroatoms. The van der Waals surface area contributed by atoms with Gasteiger partial charge in [-0.1, -0.05) is 0 Å². The Balaban J connectivity index is 2.29. The van der Waals surface area contributed by atoms with Crippen LogP contribution >= 0.6 is 0 Å². The Labute approximate surface area is 87.7 Å². The fraction of sp³-hybridized carbons (Fsp3) is 0.917. The van der Waals surface area contributed by atoms with Crippen LogP contribution in [-0.2, 0) is 4.79 Å². The van der Waals surface area contributed by atoms with Crippen molar-refractivity contribution < 1.29 is 4.79 Å². The minimum Gasteiger partial charge on any atom is -0.299 e. The Kier molecular flexibility index (Phi) is 4.11. The number of rotatable bonds is 5. The van der Waals surface area contributed by atoms with E-state index in [9.17, 15) is 4.79 Å². The summed E-state index contributed by atoms with van der Waals surface area (Å²) in [4.78, 5) is 13.6. The number of hydrogen-bond donors (Lipinski definition) is 0. The van der Waals surface area contributed by atoms with E-state index in [1.54, 1.807) is 0 Å². The normalized spacial score (nSPS) is 22.2. The molecule has 1 atom stereocenters. The molecular formula is C12H23NO. The van der Waals surface area contributed by atoms with E-state index in [0.29, 0.717) is 23.8 Å². The van der Waals surface area contributed by atoms with Gasteiger partial charge in [0, 0.05) is 24.4 Å². The van der Waals surface area contributed by atoms with E-state index in [2.05, 4.69) is 32.6 Å². The molecule has 1 unspecified atom stereocenters.